The zero-order valence-corrected chi connectivity index (χ0v) is 15.8. The number of amides is 1. The minimum absolute atomic E-state index is 0.147. The number of piperidine rings is 2. The zero-order valence-electron chi connectivity index (χ0n) is 15.8. The Morgan fingerprint density at radius 1 is 1.16 bits per heavy atom. The van der Waals surface area contributed by atoms with Crippen LogP contribution in [0.15, 0.2) is 0 Å². The van der Waals surface area contributed by atoms with Gasteiger partial charge in [-0.05, 0) is 71.8 Å². The molecule has 6 nitrogen and oxygen atoms in total. The largest absolute Gasteiger partial charge is 0.444 e. The van der Waals surface area contributed by atoms with Crippen LogP contribution in [0.3, 0.4) is 0 Å². The van der Waals surface area contributed by atoms with E-state index >= 15 is 0 Å². The predicted octanol–water partition coefficient (Wildman–Crippen LogP) is 2.09. The van der Waals surface area contributed by atoms with Crippen molar-refractivity contribution >= 4 is 6.09 Å². The van der Waals surface area contributed by atoms with E-state index in [1.807, 2.05) is 20.8 Å². The Balaban J connectivity index is 1.61. The first-order valence-corrected chi connectivity index (χ1v) is 9.82. The van der Waals surface area contributed by atoms with Crippen molar-refractivity contribution in [3.8, 4) is 0 Å². The smallest absolute Gasteiger partial charge is 0.410 e. The molecule has 1 saturated carbocycles. The lowest BCUT2D eigenvalue weighted by Crippen LogP contribution is -2.65. The van der Waals surface area contributed by atoms with Gasteiger partial charge in [0.1, 0.15) is 11.3 Å². The normalized spacial score (nSPS) is 37.5. The molecule has 0 bridgehead atoms. The summed E-state index contributed by atoms with van der Waals surface area (Å²) >= 11 is 0. The number of fused-ring (bicyclic) bond motifs is 1. The monoisotopic (exact) mass is 354 g/mol. The van der Waals surface area contributed by atoms with Crippen molar-refractivity contribution in [3.63, 3.8) is 0 Å². The van der Waals surface area contributed by atoms with Gasteiger partial charge in [-0.2, -0.15) is 0 Å². The molecule has 4 atom stereocenters. The van der Waals surface area contributed by atoms with Crippen molar-refractivity contribution in [3.05, 3.63) is 0 Å². The average molecular weight is 354 g/mol. The van der Waals surface area contributed by atoms with Crippen LogP contribution in [-0.2, 0) is 4.74 Å². The molecule has 2 aliphatic heterocycles. The number of hydrogen-bond donors (Lipinski definition) is 3. The van der Waals surface area contributed by atoms with Crippen molar-refractivity contribution in [2.75, 3.05) is 19.6 Å². The molecule has 0 aromatic rings. The van der Waals surface area contributed by atoms with Gasteiger partial charge in [-0.1, -0.05) is 0 Å². The Hall–Kier alpha value is -0.850. The third kappa shape index (κ3) is 4.12. The van der Waals surface area contributed by atoms with E-state index in [0.717, 1.165) is 45.1 Å². The van der Waals surface area contributed by atoms with Crippen LogP contribution in [0.1, 0.15) is 59.3 Å². The van der Waals surface area contributed by atoms with Crippen LogP contribution in [0, 0.1) is 17.8 Å². The Kier molecular flexibility index (Phi) is 5.33. The molecule has 3 N–H and O–H groups in total. The van der Waals surface area contributed by atoms with Gasteiger partial charge >= 0.3 is 6.09 Å². The molecule has 25 heavy (non-hydrogen) atoms. The predicted molar refractivity (Wildman–Crippen MR) is 94.9 cm³/mol. The highest BCUT2D eigenvalue weighted by Crippen LogP contribution is 2.46. The first-order chi connectivity index (χ1) is 11.7. The van der Waals surface area contributed by atoms with E-state index in [-0.39, 0.29) is 24.0 Å². The molecule has 6 heteroatoms. The number of rotatable bonds is 1. The number of likely N-dealkylation sites (tertiary alicyclic amines) is 1. The molecule has 0 aromatic heterocycles. The quantitative estimate of drug-likeness (QED) is 0.672. The van der Waals surface area contributed by atoms with Crippen molar-refractivity contribution in [1.82, 2.24) is 10.2 Å². The molecule has 2 heterocycles. The molecule has 144 valence electrons. The summed E-state index contributed by atoms with van der Waals surface area (Å²) in [7, 11) is 0. The van der Waals surface area contributed by atoms with Gasteiger partial charge in [0.25, 0.3) is 0 Å². The van der Waals surface area contributed by atoms with Gasteiger partial charge in [-0.3, -0.25) is 5.32 Å². The Labute approximate surface area is 150 Å². The summed E-state index contributed by atoms with van der Waals surface area (Å²) in [6.45, 7) is 7.70. The lowest BCUT2D eigenvalue weighted by atomic mass is 9.64. The standard InChI is InChI=1S/C19H34N2O4/c1-18(2,3)25-17(23)21-10-7-14(8-11-21)19(24)16-5-4-15(22)12-13(16)6-9-20-19/h13-16,20,22,24H,4-12H2,1-3H3. The van der Waals surface area contributed by atoms with Gasteiger partial charge in [0.2, 0.25) is 0 Å². The number of hydrogen-bond acceptors (Lipinski definition) is 5. The molecule has 0 radical (unpaired) electrons. The molecular weight excluding hydrogens is 320 g/mol. The number of nitrogens with one attached hydrogen (secondary N) is 1. The molecule has 3 fully saturated rings. The second-order valence-corrected chi connectivity index (χ2v) is 9.12. The minimum atomic E-state index is -0.858. The summed E-state index contributed by atoms with van der Waals surface area (Å²) in [5.41, 5.74) is -1.34. The molecule has 0 spiro atoms. The third-order valence-corrected chi connectivity index (χ3v) is 6.21. The maximum absolute atomic E-state index is 12.2. The lowest BCUT2D eigenvalue weighted by molar-refractivity contribution is -0.163. The first-order valence-electron chi connectivity index (χ1n) is 9.82. The zero-order chi connectivity index (χ0) is 18.2. The van der Waals surface area contributed by atoms with Gasteiger partial charge < -0.3 is 19.8 Å². The van der Waals surface area contributed by atoms with Crippen LogP contribution in [0.4, 0.5) is 4.79 Å². The summed E-state index contributed by atoms with van der Waals surface area (Å²) in [6, 6.07) is 0. The Morgan fingerprint density at radius 2 is 1.84 bits per heavy atom. The van der Waals surface area contributed by atoms with E-state index in [0.29, 0.717) is 19.0 Å². The van der Waals surface area contributed by atoms with E-state index in [4.69, 9.17) is 4.74 Å². The number of aliphatic hydroxyl groups is 2. The molecule has 3 aliphatic rings. The van der Waals surface area contributed by atoms with Crippen LogP contribution in [0.25, 0.3) is 0 Å². The van der Waals surface area contributed by atoms with Crippen molar-refractivity contribution < 1.29 is 19.7 Å². The van der Waals surface area contributed by atoms with E-state index in [1.165, 1.54) is 0 Å². The number of ether oxygens (including phenoxy) is 1. The fraction of sp³-hybridized carbons (Fsp3) is 0.947. The fourth-order valence-corrected chi connectivity index (χ4v) is 5.00. The highest BCUT2D eigenvalue weighted by molar-refractivity contribution is 5.68. The number of aliphatic hydroxyl groups excluding tert-OH is 1. The molecule has 1 amide bonds. The van der Waals surface area contributed by atoms with E-state index in [2.05, 4.69) is 5.32 Å². The minimum Gasteiger partial charge on any atom is -0.444 e. The van der Waals surface area contributed by atoms with E-state index in [1.54, 1.807) is 4.90 Å². The Morgan fingerprint density at radius 3 is 2.48 bits per heavy atom. The fourth-order valence-electron chi connectivity index (χ4n) is 5.00. The van der Waals surface area contributed by atoms with Gasteiger partial charge in [0.05, 0.1) is 6.10 Å². The van der Waals surface area contributed by atoms with Crippen LogP contribution in [-0.4, -0.2) is 58.3 Å². The second kappa shape index (κ2) is 7.05. The maximum Gasteiger partial charge on any atom is 0.410 e. The number of nitrogens with zero attached hydrogens (tertiary/aromatic N) is 1. The average Bonchev–Trinajstić information content (AvgIpc) is 2.53. The molecule has 1 aliphatic carbocycles. The van der Waals surface area contributed by atoms with Crippen LogP contribution in [0.2, 0.25) is 0 Å². The second-order valence-electron chi connectivity index (χ2n) is 9.12. The summed E-state index contributed by atoms with van der Waals surface area (Å²) in [5, 5.41) is 24.8. The highest BCUT2D eigenvalue weighted by Gasteiger charge is 2.51. The highest BCUT2D eigenvalue weighted by atomic mass is 16.6. The van der Waals surface area contributed by atoms with E-state index in [9.17, 15) is 15.0 Å². The molecule has 3 rings (SSSR count). The molecule has 4 unspecified atom stereocenters. The van der Waals surface area contributed by atoms with Crippen LogP contribution in [0.5, 0.6) is 0 Å². The van der Waals surface area contributed by atoms with Crippen molar-refractivity contribution in [2.45, 2.75) is 76.7 Å². The van der Waals surface area contributed by atoms with Gasteiger partial charge in [-0.25, -0.2) is 4.79 Å². The van der Waals surface area contributed by atoms with Crippen LogP contribution >= 0.6 is 0 Å². The van der Waals surface area contributed by atoms with Crippen molar-refractivity contribution in [1.29, 1.82) is 0 Å². The summed E-state index contributed by atoms with van der Waals surface area (Å²) in [4.78, 5) is 14.0. The summed E-state index contributed by atoms with van der Waals surface area (Å²) in [5.74, 6) is 0.760. The number of carbonyl (C=O) groups is 1. The Bertz CT molecular complexity index is 484. The van der Waals surface area contributed by atoms with Crippen LogP contribution < -0.4 is 5.32 Å². The summed E-state index contributed by atoms with van der Waals surface area (Å²) in [6.07, 6.45) is 4.60. The SMILES string of the molecule is CC(C)(C)OC(=O)N1CCC(C2(O)NCCC3CC(O)CCC32)CC1. The number of carbonyl (C=O) groups excluding carboxylic acids is 1. The van der Waals surface area contributed by atoms with Gasteiger partial charge in [0, 0.05) is 24.9 Å². The topological polar surface area (TPSA) is 82.0 Å². The van der Waals surface area contributed by atoms with E-state index < -0.39 is 11.3 Å². The van der Waals surface area contributed by atoms with Crippen molar-refractivity contribution in [2.24, 2.45) is 17.8 Å². The summed E-state index contributed by atoms with van der Waals surface area (Å²) < 4.78 is 5.46. The maximum atomic E-state index is 12.2. The third-order valence-electron chi connectivity index (χ3n) is 6.21. The molecule has 0 aromatic carbocycles. The molecular formula is C19H34N2O4. The van der Waals surface area contributed by atoms with Gasteiger partial charge in [-0.15, -0.1) is 0 Å². The lowest BCUT2D eigenvalue weighted by Gasteiger charge is -2.53. The first kappa shape index (κ1) is 18.9. The molecule has 2 saturated heterocycles. The van der Waals surface area contributed by atoms with Gasteiger partial charge in [0.15, 0.2) is 0 Å².